The predicted molar refractivity (Wildman–Crippen MR) is 128 cm³/mol. The van der Waals surface area contributed by atoms with Crippen molar-refractivity contribution in [1.82, 2.24) is 25.4 Å². The number of nitrogens with one attached hydrogen (secondary N) is 3. The number of halogens is 1. The lowest BCUT2D eigenvalue weighted by Gasteiger charge is -2.21. The number of likely N-dealkylation sites (N-methyl/N-ethyl adjacent to an activating group) is 2. The van der Waals surface area contributed by atoms with Crippen LogP contribution in [0.15, 0.2) is 28.7 Å². The highest BCUT2D eigenvalue weighted by molar-refractivity contribution is 9.10. The largest absolute Gasteiger partial charge is 0.347 e. The fraction of sp³-hybridized carbons (Fsp3) is 0.381. The van der Waals surface area contributed by atoms with E-state index in [0.717, 1.165) is 28.0 Å². The maximum atomic E-state index is 12.8. The van der Waals surface area contributed by atoms with Crippen LogP contribution in [0.3, 0.4) is 0 Å². The SMILES string of the molecule is CN1CCc2sc(C(=O)N[C@@H](CNC(=O)C(=O)Nc3ccc(Br)cc3)C(=O)N(C)C)nc2C1. The zero-order valence-electron chi connectivity index (χ0n) is 18.5. The van der Waals surface area contributed by atoms with E-state index in [9.17, 15) is 19.2 Å². The fourth-order valence-electron chi connectivity index (χ4n) is 3.15. The Morgan fingerprint density at radius 2 is 1.88 bits per heavy atom. The molecule has 0 saturated heterocycles. The molecule has 176 valence electrons. The van der Waals surface area contributed by atoms with E-state index in [4.69, 9.17) is 0 Å². The number of aromatic nitrogens is 1. The van der Waals surface area contributed by atoms with E-state index >= 15 is 0 Å². The minimum atomic E-state index is -1.06. The molecule has 2 heterocycles. The molecule has 0 fully saturated rings. The van der Waals surface area contributed by atoms with E-state index in [1.165, 1.54) is 16.2 Å². The molecule has 12 heteroatoms. The zero-order valence-corrected chi connectivity index (χ0v) is 20.9. The van der Waals surface area contributed by atoms with Gasteiger partial charge in [0.15, 0.2) is 5.01 Å². The quantitative estimate of drug-likeness (QED) is 0.470. The van der Waals surface area contributed by atoms with Crippen LogP contribution in [0.2, 0.25) is 0 Å². The Hall–Kier alpha value is -2.83. The maximum Gasteiger partial charge on any atom is 0.313 e. The molecule has 1 aromatic carbocycles. The smallest absolute Gasteiger partial charge is 0.313 e. The Balaban J connectivity index is 1.62. The van der Waals surface area contributed by atoms with Crippen LogP contribution in [0.1, 0.15) is 20.4 Å². The highest BCUT2D eigenvalue weighted by atomic mass is 79.9. The normalized spacial score (nSPS) is 14.1. The van der Waals surface area contributed by atoms with Gasteiger partial charge in [0, 0.05) is 48.8 Å². The van der Waals surface area contributed by atoms with Crippen LogP contribution in [0, 0.1) is 0 Å². The predicted octanol–water partition coefficient (Wildman–Crippen LogP) is 0.835. The molecule has 4 amide bonds. The van der Waals surface area contributed by atoms with Gasteiger partial charge in [-0.15, -0.1) is 11.3 Å². The Morgan fingerprint density at radius 3 is 2.55 bits per heavy atom. The average molecular weight is 537 g/mol. The lowest BCUT2D eigenvalue weighted by molar-refractivity contribution is -0.136. The molecule has 3 N–H and O–H groups in total. The number of amides is 4. The Labute approximate surface area is 203 Å². The van der Waals surface area contributed by atoms with E-state index in [-0.39, 0.29) is 11.6 Å². The highest BCUT2D eigenvalue weighted by Gasteiger charge is 2.27. The van der Waals surface area contributed by atoms with Crippen LogP contribution in [0.4, 0.5) is 5.69 Å². The fourth-order valence-corrected chi connectivity index (χ4v) is 4.38. The van der Waals surface area contributed by atoms with Gasteiger partial charge in [-0.25, -0.2) is 4.98 Å². The molecular weight excluding hydrogens is 512 g/mol. The molecule has 2 aromatic rings. The number of thiazole rings is 1. The summed E-state index contributed by atoms with van der Waals surface area (Å²) in [5.41, 5.74) is 1.32. The number of hydrogen-bond acceptors (Lipinski definition) is 7. The first kappa shape index (κ1) is 24.8. The van der Waals surface area contributed by atoms with Crippen molar-refractivity contribution in [2.45, 2.75) is 19.0 Å². The van der Waals surface area contributed by atoms with Gasteiger partial charge in [0.2, 0.25) is 5.91 Å². The monoisotopic (exact) mass is 536 g/mol. The van der Waals surface area contributed by atoms with Crippen molar-refractivity contribution in [3.63, 3.8) is 0 Å². The maximum absolute atomic E-state index is 12.8. The second-order valence-electron chi connectivity index (χ2n) is 7.81. The number of hydrogen-bond donors (Lipinski definition) is 3. The Bertz CT molecular complexity index is 1060. The summed E-state index contributed by atoms with van der Waals surface area (Å²) in [6.07, 6.45) is 0.820. The van der Waals surface area contributed by atoms with Gasteiger partial charge in [0.25, 0.3) is 5.91 Å². The summed E-state index contributed by atoms with van der Waals surface area (Å²) in [6.45, 7) is 1.32. The summed E-state index contributed by atoms with van der Waals surface area (Å²) >= 11 is 4.60. The molecule has 1 aliphatic heterocycles. The van der Waals surface area contributed by atoms with Crippen molar-refractivity contribution in [3.8, 4) is 0 Å². The summed E-state index contributed by atoms with van der Waals surface area (Å²) < 4.78 is 0.832. The summed E-state index contributed by atoms with van der Waals surface area (Å²) in [4.78, 5) is 58.7. The second kappa shape index (κ2) is 10.9. The topological polar surface area (TPSA) is 124 Å². The number of carbonyl (C=O) groups is 4. The van der Waals surface area contributed by atoms with E-state index in [2.05, 4.69) is 41.8 Å². The lowest BCUT2D eigenvalue weighted by atomic mass is 10.2. The van der Waals surface area contributed by atoms with E-state index in [0.29, 0.717) is 12.2 Å². The van der Waals surface area contributed by atoms with Gasteiger partial charge in [-0.3, -0.25) is 19.2 Å². The van der Waals surface area contributed by atoms with Crippen LogP contribution in [-0.2, 0) is 27.3 Å². The first-order chi connectivity index (χ1) is 15.6. The van der Waals surface area contributed by atoms with Crippen molar-refractivity contribution < 1.29 is 19.2 Å². The zero-order chi connectivity index (χ0) is 24.1. The first-order valence-electron chi connectivity index (χ1n) is 10.2. The number of nitrogens with zero attached hydrogens (tertiary/aromatic N) is 3. The number of anilines is 1. The van der Waals surface area contributed by atoms with Crippen LogP contribution in [0.25, 0.3) is 0 Å². The third kappa shape index (κ3) is 6.59. The second-order valence-corrected chi connectivity index (χ2v) is 9.81. The van der Waals surface area contributed by atoms with E-state index < -0.39 is 29.7 Å². The first-order valence-corrected chi connectivity index (χ1v) is 11.8. The number of benzene rings is 1. The van der Waals surface area contributed by atoms with Crippen molar-refractivity contribution in [2.75, 3.05) is 39.5 Å². The van der Waals surface area contributed by atoms with Crippen LogP contribution in [-0.4, -0.2) is 78.7 Å². The highest BCUT2D eigenvalue weighted by Crippen LogP contribution is 2.24. The standard InChI is InChI=1S/C21H25BrN6O4S/c1-27(2)21(32)14(10-23-17(29)18(30)24-13-6-4-12(22)5-7-13)25-19(31)20-26-15-11-28(3)9-8-16(15)33-20/h4-7,14H,8-11H2,1-3H3,(H,23,29)(H,24,30)(H,25,31)/t14-/m0/s1. The third-order valence-corrected chi connectivity index (χ3v) is 6.62. The average Bonchev–Trinajstić information content (AvgIpc) is 3.20. The van der Waals surface area contributed by atoms with Gasteiger partial charge >= 0.3 is 11.8 Å². The molecule has 1 atom stereocenters. The van der Waals surface area contributed by atoms with Gasteiger partial charge in [-0.05, 0) is 37.7 Å². The molecule has 0 saturated carbocycles. The minimum absolute atomic E-state index is 0.247. The number of carbonyl (C=O) groups excluding carboxylic acids is 4. The van der Waals surface area contributed by atoms with Crippen LogP contribution in [0.5, 0.6) is 0 Å². The molecule has 1 aliphatic rings. The van der Waals surface area contributed by atoms with Gasteiger partial charge < -0.3 is 25.8 Å². The molecule has 0 spiro atoms. The van der Waals surface area contributed by atoms with Gasteiger partial charge in [0.1, 0.15) is 6.04 Å². The summed E-state index contributed by atoms with van der Waals surface area (Å²) in [5, 5.41) is 7.80. The van der Waals surface area contributed by atoms with Crippen molar-refractivity contribution in [3.05, 3.63) is 44.3 Å². The van der Waals surface area contributed by atoms with Gasteiger partial charge in [0.05, 0.1) is 5.69 Å². The van der Waals surface area contributed by atoms with Crippen molar-refractivity contribution >= 4 is 56.6 Å². The van der Waals surface area contributed by atoms with Crippen molar-refractivity contribution in [2.24, 2.45) is 0 Å². The van der Waals surface area contributed by atoms with Crippen LogP contribution < -0.4 is 16.0 Å². The molecule has 0 aliphatic carbocycles. The molecule has 3 rings (SSSR count). The molecule has 10 nitrogen and oxygen atoms in total. The molecule has 0 unspecified atom stereocenters. The minimum Gasteiger partial charge on any atom is -0.347 e. The summed E-state index contributed by atoms with van der Waals surface area (Å²) in [6, 6.07) is 5.67. The van der Waals surface area contributed by atoms with Gasteiger partial charge in [-0.2, -0.15) is 0 Å². The summed E-state index contributed by atoms with van der Waals surface area (Å²) in [5.74, 6) is -2.71. The number of rotatable bonds is 6. The lowest BCUT2D eigenvalue weighted by Crippen LogP contribution is -2.53. The molecular formula is C21H25BrN6O4S. The molecule has 0 bridgehead atoms. The van der Waals surface area contributed by atoms with E-state index in [1.54, 1.807) is 38.4 Å². The van der Waals surface area contributed by atoms with Crippen LogP contribution >= 0.6 is 27.3 Å². The van der Waals surface area contributed by atoms with Gasteiger partial charge in [-0.1, -0.05) is 15.9 Å². The third-order valence-electron chi connectivity index (χ3n) is 4.93. The summed E-state index contributed by atoms with van der Waals surface area (Å²) in [7, 11) is 5.08. The van der Waals surface area contributed by atoms with Crippen molar-refractivity contribution in [1.29, 1.82) is 0 Å². The van der Waals surface area contributed by atoms with E-state index in [1.807, 2.05) is 7.05 Å². The molecule has 0 radical (unpaired) electrons. The Morgan fingerprint density at radius 1 is 1.18 bits per heavy atom. The Kier molecular flexibility index (Phi) is 8.16. The number of fused-ring (bicyclic) bond motifs is 1. The molecule has 1 aromatic heterocycles. The molecule has 33 heavy (non-hydrogen) atoms.